The summed E-state index contributed by atoms with van der Waals surface area (Å²) in [6.45, 7) is 1.30. The van der Waals surface area contributed by atoms with Crippen molar-refractivity contribution >= 4 is 11.3 Å². The molecule has 1 aliphatic rings. The minimum absolute atomic E-state index is 0.422. The predicted molar refractivity (Wildman–Crippen MR) is 92.0 cm³/mol. The summed E-state index contributed by atoms with van der Waals surface area (Å²) in [6.07, 6.45) is 4.88. The van der Waals surface area contributed by atoms with Crippen molar-refractivity contribution in [2.24, 2.45) is 0 Å². The Morgan fingerprint density at radius 2 is 1.79 bits per heavy atom. The Labute approximate surface area is 144 Å². The largest absolute Gasteiger partial charge is 0.381 e. The minimum atomic E-state index is -0.422. The average Bonchev–Trinajstić information content (AvgIpc) is 3.34. The maximum absolute atomic E-state index is 9.84. The zero-order valence-electron chi connectivity index (χ0n) is 13.1. The molecule has 3 heterocycles. The fourth-order valence-electron chi connectivity index (χ4n) is 3.16. The summed E-state index contributed by atoms with van der Waals surface area (Å²) in [5.41, 5.74) is 2.87. The first-order valence-electron chi connectivity index (χ1n) is 7.85. The van der Waals surface area contributed by atoms with Crippen molar-refractivity contribution in [2.75, 3.05) is 13.2 Å². The molecule has 0 unspecified atom stereocenters. The van der Waals surface area contributed by atoms with Crippen LogP contribution >= 0.6 is 11.3 Å². The van der Waals surface area contributed by atoms with Gasteiger partial charge in [-0.3, -0.25) is 4.57 Å². The van der Waals surface area contributed by atoms with E-state index in [1.807, 2.05) is 16.7 Å². The molecule has 1 fully saturated rings. The van der Waals surface area contributed by atoms with E-state index in [1.54, 1.807) is 24.0 Å². The van der Waals surface area contributed by atoms with Crippen LogP contribution in [0.15, 0.2) is 48.4 Å². The van der Waals surface area contributed by atoms with E-state index in [2.05, 4.69) is 39.8 Å². The van der Waals surface area contributed by atoms with Crippen molar-refractivity contribution in [2.45, 2.75) is 18.3 Å². The molecule has 0 aliphatic carbocycles. The van der Waals surface area contributed by atoms with Crippen molar-refractivity contribution < 1.29 is 4.74 Å². The number of aromatic nitrogens is 3. The van der Waals surface area contributed by atoms with E-state index < -0.39 is 5.41 Å². The second-order valence-corrected chi connectivity index (χ2v) is 6.80. The van der Waals surface area contributed by atoms with Gasteiger partial charge in [-0.05, 0) is 47.5 Å². The van der Waals surface area contributed by atoms with E-state index in [0.29, 0.717) is 13.2 Å². The summed E-state index contributed by atoms with van der Waals surface area (Å²) < 4.78 is 7.33. The summed E-state index contributed by atoms with van der Waals surface area (Å²) in [4.78, 5) is 1.16. The van der Waals surface area contributed by atoms with Gasteiger partial charge in [-0.25, -0.2) is 0 Å². The van der Waals surface area contributed by atoms with Gasteiger partial charge in [0.1, 0.15) is 12.7 Å². The lowest BCUT2D eigenvalue weighted by molar-refractivity contribution is 0.0686. The molecule has 1 saturated heterocycles. The van der Waals surface area contributed by atoms with Crippen LogP contribution in [0.5, 0.6) is 0 Å². The number of ether oxygens (including phenoxy) is 1. The number of nitrogens with zero attached hydrogens (tertiary/aromatic N) is 4. The van der Waals surface area contributed by atoms with E-state index in [9.17, 15) is 5.26 Å². The zero-order valence-corrected chi connectivity index (χ0v) is 13.9. The fourth-order valence-corrected chi connectivity index (χ4v) is 4.29. The summed E-state index contributed by atoms with van der Waals surface area (Å²) in [5.74, 6) is 0. The van der Waals surface area contributed by atoms with Crippen LogP contribution < -0.4 is 0 Å². The first-order chi connectivity index (χ1) is 11.8. The van der Waals surface area contributed by atoms with Crippen molar-refractivity contribution in [1.29, 1.82) is 5.26 Å². The lowest BCUT2D eigenvalue weighted by Crippen LogP contribution is -2.31. The lowest BCUT2D eigenvalue weighted by atomic mass is 9.78. The van der Waals surface area contributed by atoms with Gasteiger partial charge in [-0.15, -0.1) is 21.5 Å². The third-order valence-electron chi connectivity index (χ3n) is 4.56. The summed E-state index contributed by atoms with van der Waals surface area (Å²) in [7, 11) is 0. The first-order valence-corrected chi connectivity index (χ1v) is 8.73. The van der Waals surface area contributed by atoms with Crippen LogP contribution in [0.3, 0.4) is 0 Å². The maximum atomic E-state index is 9.84. The Morgan fingerprint density at radius 1 is 1.08 bits per heavy atom. The van der Waals surface area contributed by atoms with E-state index in [0.717, 1.165) is 34.5 Å². The Kier molecular flexibility index (Phi) is 3.89. The van der Waals surface area contributed by atoms with Gasteiger partial charge in [0.25, 0.3) is 0 Å². The third-order valence-corrected chi connectivity index (χ3v) is 5.67. The number of hydrogen-bond donors (Lipinski definition) is 0. The van der Waals surface area contributed by atoms with Gasteiger partial charge in [0, 0.05) is 23.8 Å². The van der Waals surface area contributed by atoms with Crippen LogP contribution in [-0.2, 0) is 10.2 Å². The topological polar surface area (TPSA) is 63.7 Å². The van der Waals surface area contributed by atoms with Crippen LogP contribution in [0.4, 0.5) is 0 Å². The van der Waals surface area contributed by atoms with Gasteiger partial charge in [0.2, 0.25) is 0 Å². The highest BCUT2D eigenvalue weighted by Gasteiger charge is 2.37. The van der Waals surface area contributed by atoms with Crippen LogP contribution in [0.1, 0.15) is 17.7 Å². The molecule has 0 atom stereocenters. The Hall–Kier alpha value is -2.49. The van der Waals surface area contributed by atoms with Gasteiger partial charge in [-0.2, -0.15) is 5.26 Å². The quantitative estimate of drug-likeness (QED) is 0.733. The van der Waals surface area contributed by atoms with Gasteiger partial charge in [0.05, 0.1) is 11.5 Å². The van der Waals surface area contributed by atoms with Crippen LogP contribution in [0.25, 0.3) is 16.8 Å². The SMILES string of the molecule is N#CC1(c2sccc2-c2ccc(-n3cnnc3)cc2)CCOCC1. The molecule has 4 rings (SSSR count). The standard InChI is InChI=1S/C18H16N4OS/c19-11-18(6-8-23-9-7-18)17-16(5-10-24-17)14-1-3-15(4-2-14)22-12-20-21-13-22/h1-5,10,12-13H,6-9H2. The van der Waals surface area contributed by atoms with Gasteiger partial charge in [0.15, 0.2) is 0 Å². The second-order valence-electron chi connectivity index (χ2n) is 5.89. The Morgan fingerprint density at radius 3 is 2.46 bits per heavy atom. The van der Waals surface area contributed by atoms with Crippen LogP contribution in [0.2, 0.25) is 0 Å². The van der Waals surface area contributed by atoms with Crippen molar-refractivity contribution in [3.05, 3.63) is 53.2 Å². The summed E-state index contributed by atoms with van der Waals surface area (Å²) >= 11 is 1.67. The first kappa shape index (κ1) is 15.1. The third kappa shape index (κ3) is 2.52. The minimum Gasteiger partial charge on any atom is -0.381 e. The highest BCUT2D eigenvalue weighted by molar-refractivity contribution is 7.10. The molecule has 0 amide bonds. The number of benzene rings is 1. The summed E-state index contributed by atoms with van der Waals surface area (Å²) in [6, 6.07) is 13.0. The summed E-state index contributed by atoms with van der Waals surface area (Å²) in [5, 5.41) is 19.6. The van der Waals surface area contributed by atoms with Gasteiger partial charge < -0.3 is 4.74 Å². The molecule has 120 valence electrons. The zero-order chi connectivity index (χ0) is 16.4. The molecule has 5 nitrogen and oxygen atoms in total. The monoisotopic (exact) mass is 336 g/mol. The van der Waals surface area contributed by atoms with E-state index in [4.69, 9.17) is 4.74 Å². The lowest BCUT2D eigenvalue weighted by Gasteiger charge is -2.30. The smallest absolute Gasteiger partial charge is 0.123 e. The second kappa shape index (κ2) is 6.19. The molecule has 0 N–H and O–H groups in total. The average molecular weight is 336 g/mol. The molecular formula is C18H16N4OS. The normalized spacial score (nSPS) is 16.6. The molecule has 1 aromatic carbocycles. The fraction of sp³-hybridized carbons (Fsp3) is 0.278. The molecule has 0 saturated carbocycles. The number of rotatable bonds is 3. The highest BCUT2D eigenvalue weighted by Crippen LogP contribution is 2.43. The number of hydrogen-bond acceptors (Lipinski definition) is 5. The number of nitriles is 1. The molecule has 0 radical (unpaired) electrons. The Balaban J connectivity index is 1.71. The maximum Gasteiger partial charge on any atom is 0.123 e. The van der Waals surface area contributed by atoms with Crippen molar-refractivity contribution in [1.82, 2.24) is 14.8 Å². The molecular weight excluding hydrogens is 320 g/mol. The predicted octanol–water partition coefficient (Wildman–Crippen LogP) is 3.57. The van der Waals surface area contributed by atoms with Gasteiger partial charge in [-0.1, -0.05) is 12.1 Å². The van der Waals surface area contributed by atoms with Crippen molar-refractivity contribution in [3.8, 4) is 22.9 Å². The van der Waals surface area contributed by atoms with Gasteiger partial charge >= 0.3 is 0 Å². The van der Waals surface area contributed by atoms with E-state index in [-0.39, 0.29) is 0 Å². The molecule has 24 heavy (non-hydrogen) atoms. The molecule has 1 aliphatic heterocycles. The highest BCUT2D eigenvalue weighted by atomic mass is 32.1. The molecule has 3 aromatic rings. The molecule has 0 spiro atoms. The van der Waals surface area contributed by atoms with E-state index >= 15 is 0 Å². The van der Waals surface area contributed by atoms with Crippen LogP contribution in [0, 0.1) is 11.3 Å². The van der Waals surface area contributed by atoms with E-state index in [1.165, 1.54) is 0 Å². The number of thiophene rings is 1. The van der Waals surface area contributed by atoms with Crippen molar-refractivity contribution in [3.63, 3.8) is 0 Å². The molecule has 6 heteroatoms. The molecule has 2 aromatic heterocycles. The van der Waals surface area contributed by atoms with Crippen LogP contribution in [-0.4, -0.2) is 28.0 Å². The molecule has 0 bridgehead atoms. The Bertz CT molecular complexity index is 855.